The predicted octanol–water partition coefficient (Wildman–Crippen LogP) is 0.162. The molecule has 0 bridgehead atoms. The average Bonchev–Trinajstić information content (AvgIpc) is 3.17. The zero-order chi connectivity index (χ0) is 25.8. The number of rotatable bonds is 10. The zero-order valence-corrected chi connectivity index (χ0v) is 20.2. The van der Waals surface area contributed by atoms with Crippen molar-refractivity contribution in [3.63, 3.8) is 0 Å². The van der Waals surface area contributed by atoms with Crippen molar-refractivity contribution in [1.29, 1.82) is 5.41 Å². The molecule has 0 spiro atoms. The van der Waals surface area contributed by atoms with E-state index in [1.807, 2.05) is 19.0 Å². The summed E-state index contributed by atoms with van der Waals surface area (Å²) >= 11 is 0. The number of nitrogens with zero attached hydrogens (tertiary/aromatic N) is 2. The second-order valence-electron chi connectivity index (χ2n) is 7.93. The van der Waals surface area contributed by atoms with E-state index in [0.717, 1.165) is 0 Å². The number of amidine groups is 1. The first-order chi connectivity index (χ1) is 16.7. The van der Waals surface area contributed by atoms with Crippen LogP contribution in [0.25, 0.3) is 0 Å². The summed E-state index contributed by atoms with van der Waals surface area (Å²) in [7, 11) is 3.76. The van der Waals surface area contributed by atoms with E-state index in [4.69, 9.17) is 15.0 Å². The first kappa shape index (κ1) is 27.4. The minimum absolute atomic E-state index is 0.0500. The standard InChI is InChI=1S/C22H33N7O6/c1-4-34-18(30)9-11-24-21(32)26-17-10-13-29(20(17)31)16-7-5-15(6-8-16)19(23)27-35-22(33)25-12-14-28(2)3/h5-8,17H,4,9-14H2,1-3H3,(H2,23,27)(H,25,33)(H2,24,26,32)/t17-/m0/s1. The Bertz CT molecular complexity index is 906. The minimum atomic E-state index is -0.695. The molecule has 4 amide bonds. The molecule has 1 atom stereocenters. The second-order valence-corrected chi connectivity index (χ2v) is 7.93. The van der Waals surface area contributed by atoms with Gasteiger partial charge in [-0.1, -0.05) is 0 Å². The molecule has 13 heteroatoms. The molecule has 1 aromatic carbocycles. The van der Waals surface area contributed by atoms with Crippen molar-refractivity contribution in [3.8, 4) is 0 Å². The third-order valence-electron chi connectivity index (χ3n) is 4.97. The van der Waals surface area contributed by atoms with Crippen molar-refractivity contribution < 1.29 is 28.8 Å². The number of nitrogens with one attached hydrogen (secondary N) is 5. The maximum atomic E-state index is 12.7. The summed E-state index contributed by atoms with van der Waals surface area (Å²) < 4.78 is 4.79. The molecule has 35 heavy (non-hydrogen) atoms. The van der Waals surface area contributed by atoms with Gasteiger partial charge < -0.3 is 35.3 Å². The SMILES string of the molecule is CCOC(=O)CCNC(=O)N[C@H]1CCN(c2ccc(C(=N)NOC(=O)NCCN(C)C)cc2)C1=O. The smallest absolute Gasteiger partial charge is 0.431 e. The normalized spacial score (nSPS) is 14.9. The van der Waals surface area contributed by atoms with Gasteiger partial charge in [0.25, 0.3) is 0 Å². The van der Waals surface area contributed by atoms with Crippen LogP contribution in [0.2, 0.25) is 0 Å². The topological polar surface area (TPSA) is 165 Å². The quantitative estimate of drug-likeness (QED) is 0.134. The number of likely N-dealkylation sites (N-methyl/N-ethyl adjacent to an activating group) is 1. The monoisotopic (exact) mass is 491 g/mol. The van der Waals surface area contributed by atoms with Crippen LogP contribution in [0.4, 0.5) is 15.3 Å². The molecular weight excluding hydrogens is 458 g/mol. The summed E-state index contributed by atoms with van der Waals surface area (Å²) in [5.41, 5.74) is 3.36. The fourth-order valence-electron chi connectivity index (χ4n) is 3.17. The molecular formula is C22H33N7O6. The fourth-order valence-corrected chi connectivity index (χ4v) is 3.17. The highest BCUT2D eigenvalue weighted by molar-refractivity contribution is 6.02. The van der Waals surface area contributed by atoms with Crippen molar-refractivity contribution >= 4 is 35.5 Å². The first-order valence-corrected chi connectivity index (χ1v) is 11.3. The highest BCUT2D eigenvalue weighted by Crippen LogP contribution is 2.22. The molecule has 1 aliphatic heterocycles. The third-order valence-corrected chi connectivity index (χ3v) is 4.97. The molecule has 1 aliphatic rings. The van der Waals surface area contributed by atoms with Crippen molar-refractivity contribution in [2.24, 2.45) is 0 Å². The van der Waals surface area contributed by atoms with Crippen molar-refractivity contribution in [3.05, 3.63) is 29.8 Å². The first-order valence-electron chi connectivity index (χ1n) is 11.3. The Kier molecular flexibility index (Phi) is 10.8. The number of hydroxylamine groups is 1. The predicted molar refractivity (Wildman–Crippen MR) is 128 cm³/mol. The van der Waals surface area contributed by atoms with Crippen LogP contribution in [0.15, 0.2) is 24.3 Å². The molecule has 0 aromatic heterocycles. The summed E-state index contributed by atoms with van der Waals surface area (Å²) in [6, 6.07) is 5.36. The molecule has 1 saturated heterocycles. The Morgan fingerprint density at radius 2 is 1.86 bits per heavy atom. The maximum absolute atomic E-state index is 12.7. The molecule has 1 fully saturated rings. The van der Waals surface area contributed by atoms with Crippen LogP contribution in [0.5, 0.6) is 0 Å². The van der Waals surface area contributed by atoms with Crippen molar-refractivity contribution in [2.45, 2.75) is 25.8 Å². The van der Waals surface area contributed by atoms with Gasteiger partial charge in [-0.3, -0.25) is 15.0 Å². The van der Waals surface area contributed by atoms with Crippen LogP contribution in [0.3, 0.4) is 0 Å². The summed E-state index contributed by atoms with van der Waals surface area (Å²) in [6.07, 6.45) is -0.214. The Balaban J connectivity index is 1.78. The number of carbonyl (C=O) groups excluding carboxylic acids is 4. The van der Waals surface area contributed by atoms with Gasteiger partial charge in [-0.25, -0.2) is 9.59 Å². The van der Waals surface area contributed by atoms with Gasteiger partial charge in [-0.2, -0.15) is 5.48 Å². The van der Waals surface area contributed by atoms with Gasteiger partial charge in [0, 0.05) is 37.4 Å². The average molecular weight is 492 g/mol. The molecule has 5 N–H and O–H groups in total. The number of urea groups is 1. The van der Waals surface area contributed by atoms with E-state index in [2.05, 4.69) is 21.4 Å². The molecule has 0 unspecified atom stereocenters. The van der Waals surface area contributed by atoms with Crippen LogP contribution in [-0.2, 0) is 19.2 Å². The zero-order valence-electron chi connectivity index (χ0n) is 20.2. The Hall–Kier alpha value is -3.87. The number of amides is 4. The van der Waals surface area contributed by atoms with E-state index < -0.39 is 24.1 Å². The van der Waals surface area contributed by atoms with Gasteiger partial charge in [-0.05, 0) is 51.7 Å². The summed E-state index contributed by atoms with van der Waals surface area (Å²) in [4.78, 5) is 56.0. The van der Waals surface area contributed by atoms with E-state index in [0.29, 0.717) is 37.3 Å². The van der Waals surface area contributed by atoms with Gasteiger partial charge in [-0.15, -0.1) is 0 Å². The lowest BCUT2D eigenvalue weighted by Gasteiger charge is -2.18. The second kappa shape index (κ2) is 13.7. The van der Waals surface area contributed by atoms with Crippen LogP contribution in [0, 0.1) is 5.41 Å². The van der Waals surface area contributed by atoms with E-state index in [9.17, 15) is 19.2 Å². The number of esters is 1. The van der Waals surface area contributed by atoms with E-state index in [1.165, 1.54) is 0 Å². The molecule has 1 aromatic rings. The van der Waals surface area contributed by atoms with E-state index in [-0.39, 0.29) is 31.3 Å². The molecule has 0 radical (unpaired) electrons. The summed E-state index contributed by atoms with van der Waals surface area (Å²) in [6.45, 7) is 3.56. The largest absolute Gasteiger partial charge is 0.466 e. The number of hydrogen-bond acceptors (Lipinski definition) is 8. The van der Waals surface area contributed by atoms with Gasteiger partial charge in [0.05, 0.1) is 13.0 Å². The van der Waals surface area contributed by atoms with Gasteiger partial charge in [0.1, 0.15) is 6.04 Å². The molecule has 0 aliphatic carbocycles. The van der Waals surface area contributed by atoms with Crippen LogP contribution in [-0.4, -0.2) is 87.7 Å². The lowest BCUT2D eigenvalue weighted by Crippen LogP contribution is -2.46. The molecule has 13 nitrogen and oxygen atoms in total. The van der Waals surface area contributed by atoms with Crippen LogP contribution in [0.1, 0.15) is 25.3 Å². The molecule has 192 valence electrons. The summed E-state index contributed by atoms with van der Waals surface area (Å²) in [5.74, 6) is -0.784. The number of anilines is 1. The van der Waals surface area contributed by atoms with Crippen LogP contribution >= 0.6 is 0 Å². The lowest BCUT2D eigenvalue weighted by atomic mass is 10.2. The van der Waals surface area contributed by atoms with Crippen LogP contribution < -0.4 is 26.3 Å². The molecule has 1 heterocycles. The number of hydrogen-bond donors (Lipinski definition) is 5. The van der Waals surface area contributed by atoms with Gasteiger partial charge >= 0.3 is 18.1 Å². The highest BCUT2D eigenvalue weighted by atomic mass is 16.7. The Morgan fingerprint density at radius 1 is 1.14 bits per heavy atom. The molecule has 2 rings (SSSR count). The Morgan fingerprint density at radius 3 is 2.51 bits per heavy atom. The summed E-state index contributed by atoms with van der Waals surface area (Å²) in [5, 5.41) is 15.7. The molecule has 0 saturated carbocycles. The number of benzene rings is 1. The number of ether oxygens (including phenoxy) is 1. The fraction of sp³-hybridized carbons (Fsp3) is 0.500. The highest BCUT2D eigenvalue weighted by Gasteiger charge is 2.33. The van der Waals surface area contributed by atoms with E-state index in [1.54, 1.807) is 36.1 Å². The van der Waals surface area contributed by atoms with Crippen molar-refractivity contribution in [2.75, 3.05) is 51.8 Å². The third kappa shape index (κ3) is 9.12. The van der Waals surface area contributed by atoms with Gasteiger partial charge in [0.2, 0.25) is 5.91 Å². The lowest BCUT2D eigenvalue weighted by molar-refractivity contribution is -0.142. The van der Waals surface area contributed by atoms with Gasteiger partial charge in [0.15, 0.2) is 5.84 Å². The van der Waals surface area contributed by atoms with Crippen molar-refractivity contribution in [1.82, 2.24) is 26.3 Å². The number of carbonyl (C=O) groups is 4. The minimum Gasteiger partial charge on any atom is -0.466 e. The van der Waals surface area contributed by atoms with E-state index >= 15 is 0 Å². The Labute approximate surface area is 203 Å². The maximum Gasteiger partial charge on any atom is 0.431 e.